The van der Waals surface area contributed by atoms with Crippen molar-refractivity contribution < 1.29 is 9.84 Å². The third-order valence-electron chi connectivity index (χ3n) is 3.49. The van der Waals surface area contributed by atoms with E-state index in [0.717, 1.165) is 16.6 Å². The van der Waals surface area contributed by atoms with Crippen LogP contribution in [0.25, 0.3) is 10.9 Å². The molecule has 1 aromatic heterocycles. The summed E-state index contributed by atoms with van der Waals surface area (Å²) < 4.78 is 5.30. The number of benzene rings is 1. The Morgan fingerprint density at radius 1 is 1.38 bits per heavy atom. The van der Waals surface area contributed by atoms with E-state index in [2.05, 4.69) is 9.98 Å². The molecule has 0 saturated heterocycles. The first-order valence-corrected chi connectivity index (χ1v) is 8.05. The van der Waals surface area contributed by atoms with Gasteiger partial charge in [-0.25, -0.2) is 4.98 Å². The maximum Gasteiger partial charge on any atom is 0.152 e. The molecule has 0 spiro atoms. The molecule has 0 amide bonds. The van der Waals surface area contributed by atoms with Gasteiger partial charge in [0.2, 0.25) is 0 Å². The second-order valence-corrected chi connectivity index (χ2v) is 6.35. The number of likely N-dealkylation sites (N-methyl/N-ethyl adjacent to an activating group) is 1. The predicted molar refractivity (Wildman–Crippen MR) is 100 cm³/mol. The Bertz CT molecular complexity index is 723. The van der Waals surface area contributed by atoms with E-state index in [9.17, 15) is 5.11 Å². The number of nitrogen functional groups attached to an aromatic ring is 1. The highest BCUT2D eigenvalue weighted by atomic mass is 16.5. The third kappa shape index (κ3) is 4.43. The molecule has 0 atom stereocenters. The highest BCUT2D eigenvalue weighted by Crippen LogP contribution is 2.39. The van der Waals surface area contributed by atoms with Crippen molar-refractivity contribution in [1.29, 1.82) is 0 Å². The van der Waals surface area contributed by atoms with E-state index in [-0.39, 0.29) is 0 Å². The molecule has 0 fully saturated rings. The lowest BCUT2D eigenvalue weighted by molar-refractivity contribution is 0.0887. The van der Waals surface area contributed by atoms with Gasteiger partial charge in [-0.15, -0.1) is 0 Å². The number of nitrogens with two attached hydrogens (primary N) is 1. The van der Waals surface area contributed by atoms with E-state index in [1.54, 1.807) is 20.1 Å². The fraction of sp³-hybridized carbons (Fsp3) is 0.444. The van der Waals surface area contributed by atoms with Gasteiger partial charge in [0.15, 0.2) is 5.82 Å². The minimum atomic E-state index is -0.847. The molecule has 24 heavy (non-hydrogen) atoms. The number of aliphatic hydroxyl groups is 1. The van der Waals surface area contributed by atoms with E-state index in [1.165, 1.54) is 0 Å². The van der Waals surface area contributed by atoms with E-state index in [1.807, 2.05) is 43.1 Å². The van der Waals surface area contributed by atoms with Crippen LogP contribution in [0.1, 0.15) is 20.8 Å². The van der Waals surface area contributed by atoms with Crippen LogP contribution >= 0.6 is 0 Å². The van der Waals surface area contributed by atoms with E-state index >= 15 is 0 Å². The normalized spacial score (nSPS) is 12.2. The Balaban J connectivity index is 2.55. The molecule has 1 heterocycles. The fourth-order valence-corrected chi connectivity index (χ4v) is 2.68. The molecule has 2 rings (SSSR count). The number of para-hydroxylation sites is 1. The average molecular weight is 330 g/mol. The second-order valence-electron chi connectivity index (χ2n) is 6.35. The van der Waals surface area contributed by atoms with Crippen molar-refractivity contribution in [2.24, 2.45) is 4.99 Å². The Morgan fingerprint density at radius 2 is 2.08 bits per heavy atom. The Kier molecular flexibility index (Phi) is 5.75. The summed E-state index contributed by atoms with van der Waals surface area (Å²) >= 11 is 0. The van der Waals surface area contributed by atoms with Crippen LogP contribution in [0.4, 0.5) is 17.2 Å². The molecular formula is C18H26N4O2. The van der Waals surface area contributed by atoms with Crippen molar-refractivity contribution in [3.8, 4) is 0 Å². The van der Waals surface area contributed by atoms with Gasteiger partial charge >= 0.3 is 0 Å². The Labute approximate surface area is 143 Å². The van der Waals surface area contributed by atoms with Crippen LogP contribution in [0.2, 0.25) is 0 Å². The van der Waals surface area contributed by atoms with Gasteiger partial charge < -0.3 is 20.5 Å². The minimum Gasteiger partial charge on any atom is -0.389 e. The molecule has 0 saturated carbocycles. The number of aliphatic imine (C=N–C) groups is 1. The molecule has 0 aliphatic carbocycles. The quantitative estimate of drug-likeness (QED) is 0.602. The third-order valence-corrected chi connectivity index (χ3v) is 3.49. The first-order chi connectivity index (χ1) is 11.3. The fourth-order valence-electron chi connectivity index (χ4n) is 2.68. The topological polar surface area (TPSA) is 84.0 Å². The number of pyridine rings is 1. The number of anilines is 2. The number of nitrogens with zero attached hydrogens (tertiary/aromatic N) is 3. The van der Waals surface area contributed by atoms with Gasteiger partial charge in [0.1, 0.15) is 5.69 Å². The van der Waals surface area contributed by atoms with Crippen molar-refractivity contribution >= 4 is 34.3 Å². The number of rotatable bonds is 7. The van der Waals surface area contributed by atoms with E-state index < -0.39 is 5.60 Å². The zero-order valence-corrected chi connectivity index (χ0v) is 14.8. The van der Waals surface area contributed by atoms with Gasteiger partial charge in [-0.05, 0) is 26.8 Å². The Hall–Kier alpha value is -2.18. The number of hydrogen-bond donors (Lipinski definition) is 2. The summed E-state index contributed by atoms with van der Waals surface area (Å²) in [6.07, 6.45) is 1.69. The van der Waals surface area contributed by atoms with Gasteiger partial charge in [-0.1, -0.05) is 18.2 Å². The van der Waals surface area contributed by atoms with Gasteiger partial charge in [-0.2, -0.15) is 0 Å². The first kappa shape index (κ1) is 18.2. The number of hydrogen-bond acceptors (Lipinski definition) is 6. The summed E-state index contributed by atoms with van der Waals surface area (Å²) in [6, 6.07) is 7.78. The molecule has 0 unspecified atom stereocenters. The smallest absolute Gasteiger partial charge is 0.152 e. The van der Waals surface area contributed by atoms with Crippen LogP contribution < -0.4 is 10.6 Å². The van der Waals surface area contributed by atoms with Crippen LogP contribution in [-0.4, -0.2) is 48.7 Å². The monoisotopic (exact) mass is 330 g/mol. The first-order valence-electron chi connectivity index (χ1n) is 8.05. The zero-order valence-electron chi connectivity index (χ0n) is 14.8. The molecule has 2 aromatic rings. The molecule has 0 aliphatic rings. The molecular weight excluding hydrogens is 304 g/mol. The summed E-state index contributed by atoms with van der Waals surface area (Å²) in [7, 11) is 1.92. The van der Waals surface area contributed by atoms with Crippen LogP contribution in [0.3, 0.4) is 0 Å². The molecule has 130 valence electrons. The highest BCUT2D eigenvalue weighted by Gasteiger charge is 2.21. The number of ether oxygens (including phenoxy) is 1. The van der Waals surface area contributed by atoms with Crippen LogP contribution in [-0.2, 0) is 4.74 Å². The lowest BCUT2D eigenvalue weighted by atomic mass is 10.1. The largest absolute Gasteiger partial charge is 0.389 e. The van der Waals surface area contributed by atoms with Crippen molar-refractivity contribution in [2.45, 2.75) is 26.4 Å². The van der Waals surface area contributed by atoms with Gasteiger partial charge in [0, 0.05) is 31.8 Å². The summed E-state index contributed by atoms with van der Waals surface area (Å²) in [5.74, 6) is 0.360. The summed E-state index contributed by atoms with van der Waals surface area (Å²) in [4.78, 5) is 10.9. The SMILES string of the molecule is CCOCC=Nc1c(N)nc2ccccc2c1N(C)CC(C)(C)O. The van der Waals surface area contributed by atoms with Crippen LogP contribution in [0, 0.1) is 0 Å². The van der Waals surface area contributed by atoms with Gasteiger partial charge in [0.05, 0.1) is 23.4 Å². The molecule has 6 heteroatoms. The maximum absolute atomic E-state index is 10.2. The number of fused-ring (bicyclic) bond motifs is 1. The van der Waals surface area contributed by atoms with Crippen molar-refractivity contribution in [2.75, 3.05) is 37.4 Å². The zero-order chi connectivity index (χ0) is 17.7. The van der Waals surface area contributed by atoms with E-state index in [4.69, 9.17) is 10.5 Å². The molecule has 0 bridgehead atoms. The van der Waals surface area contributed by atoms with E-state index in [0.29, 0.717) is 31.3 Å². The summed E-state index contributed by atoms with van der Waals surface area (Å²) in [6.45, 7) is 6.96. The Morgan fingerprint density at radius 3 is 2.75 bits per heavy atom. The lowest BCUT2D eigenvalue weighted by Crippen LogP contribution is -2.36. The second kappa shape index (κ2) is 7.59. The van der Waals surface area contributed by atoms with Crippen LogP contribution in [0.15, 0.2) is 29.3 Å². The van der Waals surface area contributed by atoms with Gasteiger partial charge in [0.25, 0.3) is 0 Å². The van der Waals surface area contributed by atoms with Crippen molar-refractivity contribution in [3.05, 3.63) is 24.3 Å². The molecule has 6 nitrogen and oxygen atoms in total. The number of aromatic nitrogens is 1. The van der Waals surface area contributed by atoms with Crippen molar-refractivity contribution in [1.82, 2.24) is 4.98 Å². The highest BCUT2D eigenvalue weighted by molar-refractivity contribution is 6.01. The molecule has 1 aromatic carbocycles. The maximum atomic E-state index is 10.2. The van der Waals surface area contributed by atoms with Gasteiger partial charge in [-0.3, -0.25) is 4.99 Å². The minimum absolute atomic E-state index is 0.360. The summed E-state index contributed by atoms with van der Waals surface area (Å²) in [5.41, 5.74) is 7.56. The lowest BCUT2D eigenvalue weighted by Gasteiger charge is -2.29. The van der Waals surface area contributed by atoms with Crippen molar-refractivity contribution in [3.63, 3.8) is 0 Å². The predicted octanol–water partition coefficient (Wildman–Crippen LogP) is 2.76. The standard InChI is InChI=1S/C18H26N4O2/c1-5-24-11-10-20-15-16(22(4)12-18(2,3)23)13-8-6-7-9-14(13)21-17(15)19/h6-10,23H,5,11-12H2,1-4H3,(H2,19,21). The van der Waals surface area contributed by atoms with Crippen LogP contribution in [0.5, 0.6) is 0 Å². The average Bonchev–Trinajstić information content (AvgIpc) is 2.49. The molecule has 0 radical (unpaired) electrons. The molecule has 0 aliphatic heterocycles. The summed E-state index contributed by atoms with van der Waals surface area (Å²) in [5, 5.41) is 11.1. The molecule has 3 N–H and O–H groups in total.